The molecule has 0 aliphatic carbocycles. The van der Waals surface area contributed by atoms with Crippen LogP contribution in [0.25, 0.3) is 10.8 Å². The van der Waals surface area contributed by atoms with E-state index in [4.69, 9.17) is 0 Å². The van der Waals surface area contributed by atoms with Gasteiger partial charge in [0.15, 0.2) is 0 Å². The van der Waals surface area contributed by atoms with Crippen LogP contribution >= 0.6 is 0 Å². The highest BCUT2D eigenvalue weighted by atomic mass is 16.2. The Labute approximate surface area is 130 Å². The number of hydrogen-bond acceptors (Lipinski definition) is 2. The number of pyridine rings is 1. The minimum atomic E-state index is 0.0610. The summed E-state index contributed by atoms with van der Waals surface area (Å²) >= 11 is 0. The van der Waals surface area contributed by atoms with E-state index in [9.17, 15) is 4.79 Å². The fourth-order valence-electron chi connectivity index (χ4n) is 2.57. The van der Waals surface area contributed by atoms with Crippen LogP contribution in [-0.4, -0.2) is 29.4 Å². The maximum Gasteiger partial charge on any atom is 0.254 e. The van der Waals surface area contributed by atoms with Crippen molar-refractivity contribution in [1.82, 2.24) is 9.88 Å². The minimum Gasteiger partial charge on any atom is -0.341 e. The predicted molar refractivity (Wildman–Crippen MR) is 88.8 cm³/mol. The molecule has 0 spiro atoms. The van der Waals surface area contributed by atoms with Gasteiger partial charge in [-0.1, -0.05) is 36.4 Å². The van der Waals surface area contributed by atoms with Gasteiger partial charge in [0.2, 0.25) is 0 Å². The average Bonchev–Trinajstić information content (AvgIpc) is 2.59. The smallest absolute Gasteiger partial charge is 0.254 e. The van der Waals surface area contributed by atoms with Crippen molar-refractivity contribution in [2.75, 3.05) is 13.6 Å². The molecule has 0 unspecified atom stereocenters. The lowest BCUT2D eigenvalue weighted by Gasteiger charge is -2.18. The molecule has 0 N–H and O–H groups in total. The van der Waals surface area contributed by atoms with E-state index in [2.05, 4.69) is 4.98 Å². The summed E-state index contributed by atoms with van der Waals surface area (Å²) in [6.45, 7) is 0.687. The number of nitrogens with zero attached hydrogens (tertiary/aromatic N) is 2. The molecule has 0 aliphatic heterocycles. The quantitative estimate of drug-likeness (QED) is 0.736. The highest BCUT2D eigenvalue weighted by Gasteiger charge is 2.14. The van der Waals surface area contributed by atoms with Crippen LogP contribution in [0.2, 0.25) is 0 Å². The molecule has 0 atom stereocenters. The Hall–Kier alpha value is -2.68. The highest BCUT2D eigenvalue weighted by molar-refractivity contribution is 6.06. The molecule has 110 valence electrons. The lowest BCUT2D eigenvalue weighted by Crippen LogP contribution is -2.29. The number of carbonyl (C=O) groups excluding carboxylic acids is 1. The molecular weight excluding hydrogens is 272 g/mol. The van der Waals surface area contributed by atoms with Gasteiger partial charge in [0, 0.05) is 31.5 Å². The SMILES string of the molecule is CN(CCc1ccncc1)C(=O)c1cccc2ccccc12. The van der Waals surface area contributed by atoms with Crippen LogP contribution in [0.5, 0.6) is 0 Å². The zero-order chi connectivity index (χ0) is 15.4. The fourth-order valence-corrected chi connectivity index (χ4v) is 2.57. The van der Waals surface area contributed by atoms with Gasteiger partial charge in [0.05, 0.1) is 0 Å². The van der Waals surface area contributed by atoms with Crippen LogP contribution in [-0.2, 0) is 6.42 Å². The third kappa shape index (κ3) is 2.98. The first-order valence-corrected chi connectivity index (χ1v) is 7.38. The molecule has 3 heteroatoms. The van der Waals surface area contributed by atoms with E-state index < -0.39 is 0 Å². The molecule has 0 saturated heterocycles. The topological polar surface area (TPSA) is 33.2 Å². The Kier molecular flexibility index (Phi) is 4.15. The molecule has 1 amide bonds. The summed E-state index contributed by atoms with van der Waals surface area (Å²) in [6, 6.07) is 17.8. The lowest BCUT2D eigenvalue weighted by molar-refractivity contribution is 0.0798. The fraction of sp³-hybridized carbons (Fsp3) is 0.158. The summed E-state index contributed by atoms with van der Waals surface area (Å²) in [5.74, 6) is 0.0610. The first kappa shape index (κ1) is 14.3. The molecule has 1 heterocycles. The minimum absolute atomic E-state index is 0.0610. The third-order valence-corrected chi connectivity index (χ3v) is 3.85. The van der Waals surface area contributed by atoms with Crippen LogP contribution in [0.1, 0.15) is 15.9 Å². The molecule has 22 heavy (non-hydrogen) atoms. The Morgan fingerprint density at radius 2 is 1.73 bits per heavy atom. The molecule has 3 rings (SSSR count). The van der Waals surface area contributed by atoms with Crippen molar-refractivity contribution in [3.8, 4) is 0 Å². The van der Waals surface area contributed by atoms with Crippen molar-refractivity contribution >= 4 is 16.7 Å². The van der Waals surface area contributed by atoms with Crippen molar-refractivity contribution < 1.29 is 4.79 Å². The summed E-state index contributed by atoms with van der Waals surface area (Å²) < 4.78 is 0. The van der Waals surface area contributed by atoms with E-state index in [0.29, 0.717) is 6.54 Å². The van der Waals surface area contributed by atoms with E-state index in [1.54, 1.807) is 17.3 Å². The summed E-state index contributed by atoms with van der Waals surface area (Å²) in [5, 5.41) is 2.10. The normalized spacial score (nSPS) is 10.6. The van der Waals surface area contributed by atoms with E-state index in [1.165, 1.54) is 5.56 Å². The Balaban J connectivity index is 1.77. The van der Waals surface area contributed by atoms with Crippen molar-refractivity contribution in [1.29, 1.82) is 0 Å². The number of likely N-dealkylation sites (N-methyl/N-ethyl adjacent to an activating group) is 1. The van der Waals surface area contributed by atoms with Crippen molar-refractivity contribution in [3.05, 3.63) is 78.1 Å². The number of aromatic nitrogens is 1. The van der Waals surface area contributed by atoms with Crippen molar-refractivity contribution in [3.63, 3.8) is 0 Å². The average molecular weight is 290 g/mol. The number of hydrogen-bond donors (Lipinski definition) is 0. The second-order valence-corrected chi connectivity index (χ2v) is 5.36. The number of benzene rings is 2. The molecular formula is C19H18N2O. The maximum absolute atomic E-state index is 12.7. The van der Waals surface area contributed by atoms with Gasteiger partial charge in [-0.3, -0.25) is 9.78 Å². The highest BCUT2D eigenvalue weighted by Crippen LogP contribution is 2.19. The molecule has 0 aliphatic rings. The number of rotatable bonds is 4. The molecule has 3 aromatic rings. The van der Waals surface area contributed by atoms with Crippen molar-refractivity contribution in [2.45, 2.75) is 6.42 Å². The van der Waals surface area contributed by atoms with Crippen LogP contribution in [0.15, 0.2) is 67.0 Å². The van der Waals surface area contributed by atoms with Crippen LogP contribution in [0.4, 0.5) is 0 Å². The van der Waals surface area contributed by atoms with E-state index in [0.717, 1.165) is 22.8 Å². The van der Waals surface area contributed by atoms with E-state index in [-0.39, 0.29) is 5.91 Å². The second-order valence-electron chi connectivity index (χ2n) is 5.36. The largest absolute Gasteiger partial charge is 0.341 e. The lowest BCUT2D eigenvalue weighted by atomic mass is 10.0. The number of carbonyl (C=O) groups is 1. The summed E-state index contributed by atoms with van der Waals surface area (Å²) in [5.41, 5.74) is 1.95. The monoisotopic (exact) mass is 290 g/mol. The standard InChI is InChI=1S/C19H18N2O/c1-21(14-11-15-9-12-20-13-10-15)19(22)18-8-4-6-16-5-2-3-7-17(16)18/h2-10,12-13H,11,14H2,1H3. The zero-order valence-corrected chi connectivity index (χ0v) is 12.6. The Bertz CT molecular complexity index is 778. The van der Waals surface area contributed by atoms with Crippen LogP contribution < -0.4 is 0 Å². The van der Waals surface area contributed by atoms with Gasteiger partial charge >= 0.3 is 0 Å². The van der Waals surface area contributed by atoms with Gasteiger partial charge in [-0.15, -0.1) is 0 Å². The Morgan fingerprint density at radius 3 is 2.55 bits per heavy atom. The summed E-state index contributed by atoms with van der Waals surface area (Å²) in [7, 11) is 1.85. The van der Waals surface area contributed by atoms with Crippen LogP contribution in [0.3, 0.4) is 0 Å². The van der Waals surface area contributed by atoms with Crippen molar-refractivity contribution in [2.24, 2.45) is 0 Å². The van der Waals surface area contributed by atoms with E-state index in [1.807, 2.05) is 61.6 Å². The molecule has 0 saturated carbocycles. The van der Waals surface area contributed by atoms with Gasteiger partial charge in [-0.05, 0) is 41.0 Å². The van der Waals surface area contributed by atoms with Gasteiger partial charge in [0.25, 0.3) is 5.91 Å². The van der Waals surface area contributed by atoms with Gasteiger partial charge in [0.1, 0.15) is 0 Å². The number of amides is 1. The van der Waals surface area contributed by atoms with E-state index >= 15 is 0 Å². The summed E-state index contributed by atoms with van der Waals surface area (Å²) in [6.07, 6.45) is 4.39. The summed E-state index contributed by atoms with van der Waals surface area (Å²) in [4.78, 5) is 18.5. The van der Waals surface area contributed by atoms with Crippen LogP contribution in [0, 0.1) is 0 Å². The molecule has 2 aromatic carbocycles. The molecule has 0 fully saturated rings. The molecule has 1 aromatic heterocycles. The zero-order valence-electron chi connectivity index (χ0n) is 12.6. The van der Waals surface area contributed by atoms with Gasteiger partial charge < -0.3 is 4.90 Å². The number of fused-ring (bicyclic) bond motifs is 1. The maximum atomic E-state index is 12.7. The second kappa shape index (κ2) is 6.39. The Morgan fingerprint density at radius 1 is 1.00 bits per heavy atom. The molecule has 0 bridgehead atoms. The first-order valence-electron chi connectivity index (χ1n) is 7.38. The van der Waals surface area contributed by atoms with Gasteiger partial charge in [-0.2, -0.15) is 0 Å². The predicted octanol–water partition coefficient (Wildman–Crippen LogP) is 3.55. The van der Waals surface area contributed by atoms with Gasteiger partial charge in [-0.25, -0.2) is 0 Å². The first-order chi connectivity index (χ1) is 10.8. The molecule has 3 nitrogen and oxygen atoms in total. The molecule has 0 radical (unpaired) electrons. The third-order valence-electron chi connectivity index (χ3n) is 3.85.